The fourth-order valence-corrected chi connectivity index (χ4v) is 3.90. The first-order chi connectivity index (χ1) is 13.2. The average Bonchev–Trinajstić information content (AvgIpc) is 2.95. The van der Waals surface area contributed by atoms with E-state index >= 15 is 0 Å². The third kappa shape index (κ3) is 4.78. The van der Waals surface area contributed by atoms with E-state index in [0.717, 1.165) is 11.1 Å². The maximum Gasteiger partial charge on any atom is 0.243 e. The molecule has 148 valence electrons. The van der Waals surface area contributed by atoms with Gasteiger partial charge in [-0.3, -0.25) is 4.79 Å². The van der Waals surface area contributed by atoms with Crippen molar-refractivity contribution < 1.29 is 13.2 Å². The quantitative estimate of drug-likeness (QED) is 0.612. The molecule has 28 heavy (non-hydrogen) atoms. The number of carbonyl (C=O) groups excluding carboxylic acids is 1. The van der Waals surface area contributed by atoms with Gasteiger partial charge in [0.05, 0.1) is 11.0 Å². The summed E-state index contributed by atoms with van der Waals surface area (Å²) in [4.78, 5) is 19.4. The number of carbonyl (C=O) groups is 1. The van der Waals surface area contributed by atoms with Gasteiger partial charge in [-0.05, 0) is 31.5 Å². The molecule has 0 fully saturated rings. The van der Waals surface area contributed by atoms with Gasteiger partial charge in [-0.2, -0.15) is 0 Å². The molecule has 7 heteroatoms. The smallest absolute Gasteiger partial charge is 0.243 e. The van der Waals surface area contributed by atoms with Crippen LogP contribution in [0.25, 0.3) is 11.0 Å². The number of hydrogen-bond acceptors (Lipinski definition) is 4. The molecule has 0 radical (unpaired) electrons. The number of fused-ring (bicyclic) bond motifs is 1. The standard InChI is InChI=1S/C21H25N3O3S/c1-16(2)23(13-17-9-5-4-6-10-17)21(25)14-24-19-12-8-7-11-18(19)22-20(24)15-28(3,26)27/h4-12,16H,13-15H2,1-3H3. The van der Waals surface area contributed by atoms with Crippen LogP contribution in [0.1, 0.15) is 25.2 Å². The molecule has 0 saturated heterocycles. The van der Waals surface area contributed by atoms with Crippen LogP contribution in [0.5, 0.6) is 0 Å². The molecule has 0 aliphatic rings. The van der Waals surface area contributed by atoms with Crippen molar-refractivity contribution >= 4 is 26.8 Å². The Hall–Kier alpha value is -2.67. The maximum atomic E-state index is 13.1. The molecule has 1 aromatic heterocycles. The Labute approximate surface area is 165 Å². The van der Waals surface area contributed by atoms with Crippen LogP contribution in [0.3, 0.4) is 0 Å². The molecule has 0 saturated carbocycles. The molecule has 6 nitrogen and oxygen atoms in total. The van der Waals surface area contributed by atoms with Crippen molar-refractivity contribution in [2.75, 3.05) is 6.26 Å². The number of para-hydroxylation sites is 2. The van der Waals surface area contributed by atoms with Crippen LogP contribution in [0.15, 0.2) is 54.6 Å². The molecule has 0 unspecified atom stereocenters. The van der Waals surface area contributed by atoms with Crippen molar-refractivity contribution in [1.82, 2.24) is 14.5 Å². The van der Waals surface area contributed by atoms with Crippen LogP contribution in [0.4, 0.5) is 0 Å². The first kappa shape index (κ1) is 20.1. The number of amides is 1. The second-order valence-corrected chi connectivity index (χ2v) is 9.41. The molecule has 1 heterocycles. The van der Waals surface area contributed by atoms with Gasteiger partial charge in [0.2, 0.25) is 5.91 Å². The third-order valence-corrected chi connectivity index (χ3v) is 5.34. The van der Waals surface area contributed by atoms with Crippen LogP contribution < -0.4 is 0 Å². The van der Waals surface area contributed by atoms with Crippen molar-refractivity contribution in [3.63, 3.8) is 0 Å². The molecular weight excluding hydrogens is 374 g/mol. The summed E-state index contributed by atoms with van der Waals surface area (Å²) in [5.41, 5.74) is 2.50. The first-order valence-electron chi connectivity index (χ1n) is 9.20. The lowest BCUT2D eigenvalue weighted by atomic mass is 10.2. The molecule has 0 aliphatic heterocycles. The minimum Gasteiger partial charge on any atom is -0.334 e. The van der Waals surface area contributed by atoms with E-state index < -0.39 is 9.84 Å². The highest BCUT2D eigenvalue weighted by molar-refractivity contribution is 7.89. The summed E-state index contributed by atoms with van der Waals surface area (Å²) >= 11 is 0. The molecule has 0 atom stereocenters. The molecule has 0 aliphatic carbocycles. The number of aromatic nitrogens is 2. The maximum absolute atomic E-state index is 13.1. The Balaban J connectivity index is 1.93. The highest BCUT2D eigenvalue weighted by atomic mass is 32.2. The van der Waals surface area contributed by atoms with Gasteiger partial charge in [0, 0.05) is 18.8 Å². The molecule has 0 N–H and O–H groups in total. The molecular formula is C21H25N3O3S. The zero-order valence-corrected chi connectivity index (χ0v) is 17.2. The SMILES string of the molecule is CC(C)N(Cc1ccccc1)C(=O)Cn1c(CS(C)(=O)=O)nc2ccccc21. The molecule has 0 spiro atoms. The fraction of sp³-hybridized carbons (Fsp3) is 0.333. The number of hydrogen-bond donors (Lipinski definition) is 0. The van der Waals surface area contributed by atoms with E-state index in [-0.39, 0.29) is 24.2 Å². The second-order valence-electron chi connectivity index (χ2n) is 7.27. The zero-order valence-electron chi connectivity index (χ0n) is 16.4. The molecule has 3 rings (SSSR count). The summed E-state index contributed by atoms with van der Waals surface area (Å²) in [6.45, 7) is 4.51. The predicted octanol–water partition coefficient (Wildman–Crippen LogP) is 3.02. The van der Waals surface area contributed by atoms with Crippen LogP contribution >= 0.6 is 0 Å². The molecule has 1 amide bonds. The monoisotopic (exact) mass is 399 g/mol. The summed E-state index contributed by atoms with van der Waals surface area (Å²) < 4.78 is 25.4. The number of imidazole rings is 1. The lowest BCUT2D eigenvalue weighted by molar-refractivity contribution is -0.134. The molecule has 2 aromatic carbocycles. The van der Waals surface area contributed by atoms with E-state index in [4.69, 9.17) is 0 Å². The lowest BCUT2D eigenvalue weighted by Crippen LogP contribution is -2.38. The van der Waals surface area contributed by atoms with Gasteiger partial charge >= 0.3 is 0 Å². The summed E-state index contributed by atoms with van der Waals surface area (Å²) in [6, 6.07) is 17.2. The Morgan fingerprint density at radius 3 is 2.36 bits per heavy atom. The summed E-state index contributed by atoms with van der Waals surface area (Å²) in [5, 5.41) is 0. The number of nitrogens with zero attached hydrogens (tertiary/aromatic N) is 3. The van der Waals surface area contributed by atoms with Crippen LogP contribution in [0, 0.1) is 0 Å². The average molecular weight is 400 g/mol. The van der Waals surface area contributed by atoms with Crippen LogP contribution in [0.2, 0.25) is 0 Å². The predicted molar refractivity (Wildman–Crippen MR) is 110 cm³/mol. The van der Waals surface area contributed by atoms with Gasteiger partial charge in [0.1, 0.15) is 18.1 Å². The molecule has 3 aromatic rings. The minimum absolute atomic E-state index is 0.0147. The van der Waals surface area contributed by atoms with E-state index in [0.29, 0.717) is 17.9 Å². The highest BCUT2D eigenvalue weighted by Gasteiger charge is 2.22. The van der Waals surface area contributed by atoms with Gasteiger partial charge < -0.3 is 9.47 Å². The van der Waals surface area contributed by atoms with Crippen molar-refractivity contribution in [3.8, 4) is 0 Å². The van der Waals surface area contributed by atoms with Gasteiger partial charge in [-0.25, -0.2) is 13.4 Å². The van der Waals surface area contributed by atoms with Crippen LogP contribution in [-0.2, 0) is 33.5 Å². The van der Waals surface area contributed by atoms with E-state index in [1.807, 2.05) is 68.4 Å². The third-order valence-electron chi connectivity index (χ3n) is 4.56. The largest absolute Gasteiger partial charge is 0.334 e. The topological polar surface area (TPSA) is 72.3 Å². The Kier molecular flexibility index (Phi) is 5.84. The van der Waals surface area contributed by atoms with Gasteiger partial charge in [0.15, 0.2) is 9.84 Å². The first-order valence-corrected chi connectivity index (χ1v) is 11.3. The van der Waals surface area contributed by atoms with Gasteiger partial charge in [-0.1, -0.05) is 42.5 Å². The Morgan fingerprint density at radius 2 is 1.71 bits per heavy atom. The van der Waals surface area contributed by atoms with E-state index in [1.54, 1.807) is 9.47 Å². The van der Waals surface area contributed by atoms with Crippen LogP contribution in [-0.4, -0.2) is 41.1 Å². The summed E-state index contributed by atoms with van der Waals surface area (Å²) in [6.07, 6.45) is 1.17. The van der Waals surface area contributed by atoms with Gasteiger partial charge in [0.25, 0.3) is 0 Å². The van der Waals surface area contributed by atoms with Gasteiger partial charge in [-0.15, -0.1) is 0 Å². The van der Waals surface area contributed by atoms with E-state index in [2.05, 4.69) is 4.98 Å². The van der Waals surface area contributed by atoms with Crippen molar-refractivity contribution in [2.45, 2.75) is 38.7 Å². The highest BCUT2D eigenvalue weighted by Crippen LogP contribution is 2.19. The van der Waals surface area contributed by atoms with E-state index in [9.17, 15) is 13.2 Å². The Bertz CT molecular complexity index is 1070. The van der Waals surface area contributed by atoms with Crippen molar-refractivity contribution in [3.05, 3.63) is 66.0 Å². The summed E-state index contributed by atoms with van der Waals surface area (Å²) in [5.74, 6) is 0.118. The fourth-order valence-electron chi connectivity index (χ4n) is 3.21. The normalized spacial score (nSPS) is 11.9. The second kappa shape index (κ2) is 8.14. The number of rotatable bonds is 7. The van der Waals surface area contributed by atoms with Crippen molar-refractivity contribution in [1.29, 1.82) is 0 Å². The molecule has 0 bridgehead atoms. The lowest BCUT2D eigenvalue weighted by Gasteiger charge is -2.27. The number of sulfone groups is 1. The number of benzene rings is 2. The van der Waals surface area contributed by atoms with E-state index in [1.165, 1.54) is 6.26 Å². The van der Waals surface area contributed by atoms with Crippen molar-refractivity contribution in [2.24, 2.45) is 0 Å². The zero-order chi connectivity index (χ0) is 20.3. The summed E-state index contributed by atoms with van der Waals surface area (Å²) in [7, 11) is -3.28. The Morgan fingerprint density at radius 1 is 1.07 bits per heavy atom. The minimum atomic E-state index is -3.28.